The number of rotatable bonds is 12. The van der Waals surface area contributed by atoms with Crippen LogP contribution in [-0.4, -0.2) is 13.1 Å². The number of piperidine rings is 1. The number of hydrogen-bond acceptors (Lipinski definition) is 1. The Morgan fingerprint density at radius 3 is 2.70 bits per heavy atom. The van der Waals surface area contributed by atoms with Crippen LogP contribution in [0.15, 0.2) is 36.5 Å². The summed E-state index contributed by atoms with van der Waals surface area (Å²) < 4.78 is 0. The lowest BCUT2D eigenvalue weighted by atomic mass is 9.90. The molecule has 0 aromatic rings. The topological polar surface area (TPSA) is 12.0 Å². The van der Waals surface area contributed by atoms with Crippen LogP contribution in [0.4, 0.5) is 0 Å². The van der Waals surface area contributed by atoms with Gasteiger partial charge < -0.3 is 5.32 Å². The first-order valence-corrected chi connectivity index (χ1v) is 9.84. The third kappa shape index (κ3) is 9.15. The Morgan fingerprint density at radius 2 is 2.04 bits per heavy atom. The van der Waals surface area contributed by atoms with E-state index in [4.69, 9.17) is 0 Å². The highest BCUT2D eigenvalue weighted by Gasteiger charge is 2.12. The molecule has 0 aliphatic carbocycles. The lowest BCUT2D eigenvalue weighted by Gasteiger charge is -2.22. The van der Waals surface area contributed by atoms with Crippen LogP contribution >= 0.6 is 0 Å². The molecule has 1 heterocycles. The van der Waals surface area contributed by atoms with Gasteiger partial charge in [-0.1, -0.05) is 56.1 Å². The van der Waals surface area contributed by atoms with E-state index in [-0.39, 0.29) is 0 Å². The van der Waals surface area contributed by atoms with Crippen molar-refractivity contribution in [3.05, 3.63) is 36.5 Å². The van der Waals surface area contributed by atoms with Gasteiger partial charge in [0.25, 0.3) is 0 Å². The molecule has 0 saturated carbocycles. The van der Waals surface area contributed by atoms with Crippen molar-refractivity contribution in [3.8, 4) is 0 Å². The SMILES string of the molecule is C=CCC(/C=C(\C)CC)C(=C)CCCCCCC1CCCNC1. The van der Waals surface area contributed by atoms with Gasteiger partial charge in [-0.05, 0) is 70.9 Å². The molecule has 0 spiro atoms. The summed E-state index contributed by atoms with van der Waals surface area (Å²) in [4.78, 5) is 0. The lowest BCUT2D eigenvalue weighted by molar-refractivity contribution is 0.346. The van der Waals surface area contributed by atoms with E-state index in [9.17, 15) is 0 Å². The summed E-state index contributed by atoms with van der Waals surface area (Å²) >= 11 is 0. The van der Waals surface area contributed by atoms with Crippen molar-refractivity contribution in [2.75, 3.05) is 13.1 Å². The third-order valence-corrected chi connectivity index (χ3v) is 5.25. The molecule has 0 bridgehead atoms. The molecule has 0 aromatic heterocycles. The molecule has 1 saturated heterocycles. The Kier molecular flexibility index (Phi) is 11.1. The van der Waals surface area contributed by atoms with Crippen molar-refractivity contribution < 1.29 is 0 Å². The van der Waals surface area contributed by atoms with Crippen LogP contribution in [0.2, 0.25) is 0 Å². The predicted octanol–water partition coefficient (Wildman–Crippen LogP) is 6.43. The summed E-state index contributed by atoms with van der Waals surface area (Å²) in [6.45, 7) is 15.2. The summed E-state index contributed by atoms with van der Waals surface area (Å²) in [6, 6.07) is 0. The second-order valence-corrected chi connectivity index (χ2v) is 7.32. The first-order chi connectivity index (χ1) is 11.2. The van der Waals surface area contributed by atoms with Crippen molar-refractivity contribution in [3.63, 3.8) is 0 Å². The van der Waals surface area contributed by atoms with E-state index < -0.39 is 0 Å². The fourth-order valence-electron chi connectivity index (χ4n) is 3.49. The van der Waals surface area contributed by atoms with Gasteiger partial charge >= 0.3 is 0 Å². The summed E-state index contributed by atoms with van der Waals surface area (Å²) in [5, 5.41) is 3.52. The van der Waals surface area contributed by atoms with Crippen LogP contribution in [0.1, 0.15) is 78.1 Å². The van der Waals surface area contributed by atoms with E-state index in [1.165, 1.54) is 75.6 Å². The van der Waals surface area contributed by atoms with Gasteiger partial charge in [0.1, 0.15) is 0 Å². The summed E-state index contributed by atoms with van der Waals surface area (Å²) in [5.74, 6) is 1.44. The van der Waals surface area contributed by atoms with E-state index >= 15 is 0 Å². The monoisotopic (exact) mass is 317 g/mol. The quantitative estimate of drug-likeness (QED) is 0.323. The van der Waals surface area contributed by atoms with E-state index in [1.54, 1.807) is 0 Å². The zero-order chi connectivity index (χ0) is 16.9. The second kappa shape index (κ2) is 12.6. The molecule has 1 aliphatic rings. The number of unbranched alkanes of at least 4 members (excludes halogenated alkanes) is 3. The summed E-state index contributed by atoms with van der Waals surface area (Å²) in [6.07, 6.45) is 17.5. The standard InChI is InChI=1S/C22H39N/c1-5-12-22(17-19(3)6-2)20(4)13-9-7-8-10-14-21-15-11-16-23-18-21/h5,17,21-23H,1,4,6-16,18H2,2-3H3/b19-17+. The average Bonchev–Trinajstić information content (AvgIpc) is 2.58. The maximum absolute atomic E-state index is 4.35. The van der Waals surface area contributed by atoms with Crippen LogP contribution < -0.4 is 5.32 Å². The Balaban J connectivity index is 2.14. The van der Waals surface area contributed by atoms with Gasteiger partial charge in [-0.25, -0.2) is 0 Å². The molecular weight excluding hydrogens is 278 g/mol. The smallest absolute Gasteiger partial charge is 0.00110 e. The third-order valence-electron chi connectivity index (χ3n) is 5.25. The number of hydrogen-bond donors (Lipinski definition) is 1. The van der Waals surface area contributed by atoms with Crippen molar-refractivity contribution >= 4 is 0 Å². The highest BCUT2D eigenvalue weighted by Crippen LogP contribution is 2.24. The lowest BCUT2D eigenvalue weighted by Crippen LogP contribution is -2.29. The van der Waals surface area contributed by atoms with Crippen LogP contribution in [-0.2, 0) is 0 Å². The van der Waals surface area contributed by atoms with E-state index in [2.05, 4.69) is 38.4 Å². The van der Waals surface area contributed by atoms with Gasteiger partial charge in [0.15, 0.2) is 0 Å². The van der Waals surface area contributed by atoms with Crippen LogP contribution in [0.25, 0.3) is 0 Å². The minimum absolute atomic E-state index is 0.501. The fraction of sp³-hybridized carbons (Fsp3) is 0.727. The first-order valence-electron chi connectivity index (χ1n) is 9.84. The Morgan fingerprint density at radius 1 is 1.26 bits per heavy atom. The molecule has 0 radical (unpaired) electrons. The molecule has 2 atom stereocenters. The maximum atomic E-state index is 4.35. The molecule has 1 aliphatic heterocycles. The molecule has 1 heteroatoms. The van der Waals surface area contributed by atoms with Crippen molar-refractivity contribution in [2.24, 2.45) is 11.8 Å². The largest absolute Gasteiger partial charge is 0.316 e. The minimum Gasteiger partial charge on any atom is -0.316 e. The molecule has 1 nitrogen and oxygen atoms in total. The van der Waals surface area contributed by atoms with Crippen molar-refractivity contribution in [2.45, 2.75) is 78.1 Å². The van der Waals surface area contributed by atoms with Gasteiger partial charge in [0, 0.05) is 5.92 Å². The molecule has 0 aromatic carbocycles. The van der Waals surface area contributed by atoms with Crippen molar-refractivity contribution in [1.29, 1.82) is 0 Å². The molecule has 23 heavy (non-hydrogen) atoms. The fourth-order valence-corrected chi connectivity index (χ4v) is 3.49. The summed E-state index contributed by atoms with van der Waals surface area (Å²) in [7, 11) is 0. The van der Waals surface area contributed by atoms with E-state index in [0.717, 1.165) is 18.8 Å². The van der Waals surface area contributed by atoms with Gasteiger partial charge in [-0.15, -0.1) is 6.58 Å². The highest BCUT2D eigenvalue weighted by molar-refractivity contribution is 5.14. The molecule has 1 N–H and O–H groups in total. The van der Waals surface area contributed by atoms with Crippen molar-refractivity contribution in [1.82, 2.24) is 5.32 Å². The Bertz CT molecular complexity index is 360. The number of allylic oxidation sites excluding steroid dienone is 4. The molecule has 1 fully saturated rings. The van der Waals surface area contributed by atoms with Gasteiger partial charge in [-0.2, -0.15) is 0 Å². The Hall–Kier alpha value is -0.820. The molecule has 0 amide bonds. The highest BCUT2D eigenvalue weighted by atomic mass is 14.9. The maximum Gasteiger partial charge on any atom is 0.00110 e. The second-order valence-electron chi connectivity index (χ2n) is 7.32. The van der Waals surface area contributed by atoms with Crippen LogP contribution in [0.5, 0.6) is 0 Å². The van der Waals surface area contributed by atoms with Crippen LogP contribution in [0, 0.1) is 11.8 Å². The average molecular weight is 318 g/mol. The molecule has 2 unspecified atom stereocenters. The molecule has 1 rings (SSSR count). The zero-order valence-electron chi connectivity index (χ0n) is 15.7. The van der Waals surface area contributed by atoms with Gasteiger partial charge in [-0.3, -0.25) is 0 Å². The van der Waals surface area contributed by atoms with E-state index in [0.29, 0.717) is 5.92 Å². The Labute approximate surface area is 145 Å². The summed E-state index contributed by atoms with van der Waals surface area (Å²) in [5.41, 5.74) is 2.87. The normalized spacial score (nSPS) is 20.3. The predicted molar refractivity (Wildman–Crippen MR) is 105 cm³/mol. The molecule has 132 valence electrons. The minimum atomic E-state index is 0.501. The molecular formula is C22H39N. The first kappa shape index (κ1) is 20.2. The van der Waals surface area contributed by atoms with Crippen LogP contribution in [0.3, 0.4) is 0 Å². The van der Waals surface area contributed by atoms with E-state index in [1.807, 2.05) is 6.08 Å². The van der Waals surface area contributed by atoms with Gasteiger partial charge in [0.2, 0.25) is 0 Å². The number of nitrogens with one attached hydrogen (secondary N) is 1. The van der Waals surface area contributed by atoms with Gasteiger partial charge in [0.05, 0.1) is 0 Å². The zero-order valence-corrected chi connectivity index (χ0v) is 15.7.